The van der Waals surface area contributed by atoms with Crippen molar-refractivity contribution in [3.63, 3.8) is 0 Å². The average Bonchev–Trinajstić information content (AvgIpc) is 3.38. The van der Waals surface area contributed by atoms with Crippen LogP contribution in [-0.4, -0.2) is 174 Å². The minimum absolute atomic E-state index is 0.0406. The summed E-state index contributed by atoms with van der Waals surface area (Å²) in [5, 5.41) is 56.5. The molecule has 5 atom stereocenters. The maximum atomic E-state index is 13.8. The van der Waals surface area contributed by atoms with Gasteiger partial charge in [-0.1, -0.05) is 67.4 Å². The lowest BCUT2D eigenvalue weighted by atomic mass is 9.81. The molecule has 2 saturated carbocycles. The van der Waals surface area contributed by atoms with Crippen LogP contribution in [0.2, 0.25) is 0 Å². The summed E-state index contributed by atoms with van der Waals surface area (Å²) in [4.78, 5) is 105. The molecule has 0 aliphatic heterocycles. The first kappa shape index (κ1) is 60.0. The number of carboxylic acids is 4. The smallest absolute Gasteiger partial charge is 0.326 e. The highest BCUT2D eigenvalue weighted by Crippen LogP contribution is 2.30. The molecular formula is C55H79N9O12. The molecule has 0 radical (unpaired) electrons. The van der Waals surface area contributed by atoms with E-state index in [1.54, 1.807) is 7.05 Å². The van der Waals surface area contributed by atoms with Gasteiger partial charge in [-0.05, 0) is 132 Å². The van der Waals surface area contributed by atoms with E-state index in [1.165, 1.54) is 0 Å². The number of hydrogen-bond donors (Lipinski definition) is 10. The van der Waals surface area contributed by atoms with Crippen LogP contribution in [0.25, 0.3) is 10.8 Å². The number of fused-ring (bicyclic) bond motifs is 1. The van der Waals surface area contributed by atoms with Crippen LogP contribution in [0.3, 0.4) is 0 Å². The lowest BCUT2D eigenvalue weighted by Crippen LogP contribution is -2.57. The molecule has 6 amide bonds. The highest BCUT2D eigenvalue weighted by atomic mass is 16.4. The number of rotatable bonds is 30. The molecule has 2 fully saturated rings. The van der Waals surface area contributed by atoms with Crippen LogP contribution in [0, 0.1) is 11.8 Å². The molecule has 0 bridgehead atoms. The predicted molar refractivity (Wildman–Crippen MR) is 287 cm³/mol. The highest BCUT2D eigenvalue weighted by Gasteiger charge is 2.36. The van der Waals surface area contributed by atoms with E-state index in [9.17, 15) is 53.7 Å². The predicted octanol–water partition coefficient (Wildman–Crippen LogP) is 4.59. The molecule has 3 aromatic carbocycles. The Morgan fingerprint density at radius 1 is 0.618 bits per heavy atom. The van der Waals surface area contributed by atoms with Crippen LogP contribution in [0.5, 0.6) is 0 Å². The number of benzene rings is 3. The molecule has 2 aliphatic carbocycles. The average molecular weight is 1060 g/mol. The number of unbranched alkanes of at least 4 members (excludes halogenated alkanes) is 1. The minimum Gasteiger partial charge on any atom is -0.481 e. The molecular weight excluding hydrogens is 979 g/mol. The third-order valence-corrected chi connectivity index (χ3v) is 14.6. The molecule has 21 heteroatoms. The number of hydrogen-bond acceptors (Lipinski definition) is 11. The molecule has 0 spiro atoms. The Morgan fingerprint density at radius 2 is 1.28 bits per heavy atom. The number of carbonyl (C=O) groups is 8. The molecule has 0 heterocycles. The molecule has 3 aromatic rings. The summed E-state index contributed by atoms with van der Waals surface area (Å²) >= 11 is 0. The van der Waals surface area contributed by atoms with Crippen LogP contribution in [0.15, 0.2) is 66.7 Å². The molecule has 0 unspecified atom stereocenters. The number of aliphatic carboxylic acids is 4. The van der Waals surface area contributed by atoms with Crippen LogP contribution in [0.4, 0.5) is 15.3 Å². The molecule has 0 aromatic heterocycles. The second-order valence-corrected chi connectivity index (χ2v) is 20.6. The quantitative estimate of drug-likeness (QED) is 0.0409. The van der Waals surface area contributed by atoms with Gasteiger partial charge >= 0.3 is 35.9 Å². The van der Waals surface area contributed by atoms with Crippen molar-refractivity contribution < 1.29 is 58.8 Å². The second kappa shape index (κ2) is 30.6. The van der Waals surface area contributed by atoms with Crippen LogP contribution < -0.4 is 31.9 Å². The number of urea groups is 2. The van der Waals surface area contributed by atoms with Crippen molar-refractivity contribution in [3.05, 3.63) is 77.9 Å². The summed E-state index contributed by atoms with van der Waals surface area (Å²) in [5.41, 5.74) is 2.49. The van der Waals surface area contributed by atoms with Crippen molar-refractivity contribution in [1.29, 1.82) is 0 Å². The highest BCUT2D eigenvalue weighted by molar-refractivity contribution is 5.90. The third kappa shape index (κ3) is 20.4. The van der Waals surface area contributed by atoms with E-state index in [1.807, 2.05) is 90.6 Å². The summed E-state index contributed by atoms with van der Waals surface area (Å²) in [5.74, 6) is -4.84. The van der Waals surface area contributed by atoms with Gasteiger partial charge in [0.25, 0.3) is 0 Å². The Balaban J connectivity index is 1.08. The number of carboxylic acid groups (broad SMARTS) is 4. The zero-order valence-electron chi connectivity index (χ0n) is 44.1. The molecule has 10 N–H and O–H groups in total. The third-order valence-electron chi connectivity index (χ3n) is 14.6. The molecule has 2 aliphatic rings. The first-order valence-electron chi connectivity index (χ1n) is 26.6. The number of amides is 6. The Morgan fingerprint density at radius 3 is 1.93 bits per heavy atom. The SMILES string of the molecule is CN(C)[C@H](Cc1ccc(NC(=O)NCC2CCC(C(=O)N[C@@H](Cc3ccc4ccccc4c3)C(=O)NCCCC[C@H](NC(=O)NCCCC(=O)O)C(=O)O)CC2)cc1)CN(CC(=O)O)[C@H]1CCCC[C@@H]1N(C)CC(=O)O. The van der Waals surface area contributed by atoms with E-state index in [0.29, 0.717) is 63.7 Å². The summed E-state index contributed by atoms with van der Waals surface area (Å²) in [6.45, 7) is 0.933. The van der Waals surface area contributed by atoms with E-state index in [2.05, 4.69) is 36.8 Å². The molecule has 21 nitrogen and oxygen atoms in total. The Kier molecular flexibility index (Phi) is 24.2. The fourth-order valence-corrected chi connectivity index (χ4v) is 10.4. The van der Waals surface area contributed by atoms with Crippen molar-refractivity contribution in [1.82, 2.24) is 41.3 Å². The number of carbonyl (C=O) groups excluding carboxylic acids is 4. The molecule has 5 rings (SSSR count). The fourth-order valence-electron chi connectivity index (χ4n) is 10.4. The van der Waals surface area contributed by atoms with Gasteiger partial charge in [-0.25, -0.2) is 14.4 Å². The Labute approximate surface area is 444 Å². The van der Waals surface area contributed by atoms with Gasteiger partial charge in [-0.3, -0.25) is 33.8 Å². The van der Waals surface area contributed by atoms with Crippen LogP contribution in [0.1, 0.15) is 94.6 Å². The lowest BCUT2D eigenvalue weighted by molar-refractivity contribution is -0.142. The van der Waals surface area contributed by atoms with Crippen LogP contribution >= 0.6 is 0 Å². The number of likely N-dealkylation sites (N-methyl/N-ethyl adjacent to an activating group) is 2. The largest absolute Gasteiger partial charge is 0.481 e. The topological polar surface area (TPSA) is 299 Å². The first-order valence-corrected chi connectivity index (χ1v) is 26.6. The number of anilines is 1. The van der Waals surface area contributed by atoms with Gasteiger partial charge in [-0.15, -0.1) is 0 Å². The molecule has 76 heavy (non-hydrogen) atoms. The van der Waals surface area contributed by atoms with Gasteiger partial charge in [0.2, 0.25) is 11.8 Å². The van der Waals surface area contributed by atoms with Gasteiger partial charge in [0.1, 0.15) is 12.1 Å². The van der Waals surface area contributed by atoms with Crippen molar-refractivity contribution in [3.8, 4) is 0 Å². The normalized spacial score (nSPS) is 18.8. The summed E-state index contributed by atoms with van der Waals surface area (Å²) in [6.07, 6.45) is 7.88. The van der Waals surface area contributed by atoms with E-state index >= 15 is 0 Å². The van der Waals surface area contributed by atoms with Crippen molar-refractivity contribution in [2.75, 3.05) is 65.7 Å². The minimum atomic E-state index is -1.22. The zero-order valence-corrected chi connectivity index (χ0v) is 44.1. The number of nitrogens with zero attached hydrogens (tertiary/aromatic N) is 3. The molecule has 416 valence electrons. The van der Waals surface area contributed by atoms with Gasteiger partial charge in [-0.2, -0.15) is 0 Å². The fraction of sp³-hybridized carbons (Fsp3) is 0.564. The summed E-state index contributed by atoms with van der Waals surface area (Å²) in [7, 11) is 5.72. The summed E-state index contributed by atoms with van der Waals surface area (Å²) in [6, 6.07) is 18.0. The van der Waals surface area contributed by atoms with Gasteiger partial charge in [0.05, 0.1) is 13.1 Å². The van der Waals surface area contributed by atoms with E-state index in [-0.39, 0.29) is 99.7 Å². The van der Waals surface area contributed by atoms with Crippen molar-refractivity contribution in [2.24, 2.45) is 11.8 Å². The second-order valence-electron chi connectivity index (χ2n) is 20.6. The molecule has 0 saturated heterocycles. The Hall–Kier alpha value is -6.84. The van der Waals surface area contributed by atoms with E-state index in [4.69, 9.17) is 5.11 Å². The first-order chi connectivity index (χ1) is 36.3. The van der Waals surface area contributed by atoms with E-state index < -0.39 is 42.0 Å². The summed E-state index contributed by atoms with van der Waals surface area (Å²) < 4.78 is 0. The lowest BCUT2D eigenvalue weighted by Gasteiger charge is -2.44. The van der Waals surface area contributed by atoms with Gasteiger partial charge in [0, 0.05) is 68.8 Å². The zero-order chi connectivity index (χ0) is 55.1. The van der Waals surface area contributed by atoms with Crippen molar-refractivity contribution in [2.45, 2.75) is 127 Å². The van der Waals surface area contributed by atoms with Gasteiger partial charge in [0.15, 0.2) is 0 Å². The monoisotopic (exact) mass is 1060 g/mol. The Bertz CT molecular complexity index is 2410. The van der Waals surface area contributed by atoms with Gasteiger partial charge < -0.3 is 57.2 Å². The van der Waals surface area contributed by atoms with Crippen LogP contribution in [-0.2, 0) is 41.6 Å². The standard InChI is InChI=1S/C55H79N9O12/c1-62(2)43(33-64(35-50(69)70)47-15-7-6-14-46(47)63(3)34-49(67)68)30-36-20-25-42(26-21-36)59-55(76)58-32-37-17-23-40(24-18-37)51(71)60-45(31-38-19-22-39-11-4-5-12-41(39)29-38)52(72)56-27-9-8-13-44(53(73)74)61-54(75)57-28-10-16-48(65)66/h4-5,11-12,19-22,25-26,29,37,40,43-47H,6-10,13-18,23-24,27-28,30-35H2,1-3H3,(H,56,72)(H,60,71)(H,65,66)(H,67,68)(H,69,70)(H,73,74)(H2,57,61,75)(H2,58,59,76)/t37?,40?,43-,44+,45+,46+,47+/m1/s1. The maximum Gasteiger partial charge on any atom is 0.326 e. The maximum absolute atomic E-state index is 13.8. The van der Waals surface area contributed by atoms with Crippen molar-refractivity contribution >= 4 is 64.2 Å². The number of nitrogens with one attached hydrogen (secondary N) is 6. The van der Waals surface area contributed by atoms with E-state index in [0.717, 1.165) is 47.6 Å².